The van der Waals surface area contributed by atoms with Gasteiger partial charge in [0.25, 0.3) is 0 Å². The number of carbonyl (C=O) groups is 1. The highest BCUT2D eigenvalue weighted by Gasteiger charge is 2.49. The van der Waals surface area contributed by atoms with Gasteiger partial charge >= 0.3 is 6.18 Å². The molecule has 1 fully saturated rings. The molecule has 2 atom stereocenters. The number of Topliss-reactive ketones (excluding diaryl/α,β-unsaturated/α-hetero) is 1. The number of ketones is 1. The number of nitrogens with one attached hydrogen (secondary N) is 1. The first-order valence-electron chi connectivity index (χ1n) is 10.3. The second-order valence-electron chi connectivity index (χ2n) is 8.03. The van der Waals surface area contributed by atoms with Crippen molar-refractivity contribution in [3.63, 3.8) is 0 Å². The molecule has 168 valence electrons. The van der Waals surface area contributed by atoms with Crippen LogP contribution >= 0.6 is 0 Å². The Bertz CT molecular complexity index is 1090. The van der Waals surface area contributed by atoms with Crippen molar-refractivity contribution >= 4 is 29.9 Å². The number of guanidine groups is 1. The molecule has 2 aliphatic heterocycles. The van der Waals surface area contributed by atoms with E-state index < -0.39 is 23.3 Å². The molecule has 4 rings (SSSR count). The molecule has 0 saturated heterocycles. The number of anilines is 1. The molecular weight excluding hydrogens is 421 g/mol. The highest BCUT2D eigenvalue weighted by Crippen LogP contribution is 2.44. The molecule has 1 aromatic heterocycles. The zero-order valence-corrected chi connectivity index (χ0v) is 17.5. The van der Waals surface area contributed by atoms with Gasteiger partial charge in [-0.1, -0.05) is 0 Å². The van der Waals surface area contributed by atoms with E-state index >= 15 is 0 Å². The van der Waals surface area contributed by atoms with Gasteiger partial charge in [-0.2, -0.15) is 13.2 Å². The summed E-state index contributed by atoms with van der Waals surface area (Å²) in [4.78, 5) is 30.0. The Balaban J connectivity index is 1.70. The molecule has 3 aliphatic rings. The summed E-state index contributed by atoms with van der Waals surface area (Å²) in [7, 11) is 0. The SMILES string of the molecule is Cc1ncc(CCCN)cc1NC1=NC23N=CC=C(C(F)(F)F)C=C2CC(=O)CC3C=N1. The van der Waals surface area contributed by atoms with Crippen molar-refractivity contribution < 1.29 is 18.0 Å². The summed E-state index contributed by atoms with van der Waals surface area (Å²) in [5.74, 6) is -0.510. The molecule has 0 bridgehead atoms. The lowest BCUT2D eigenvalue weighted by molar-refractivity contribution is -0.120. The number of aryl methyl sites for hydroxylation is 2. The molecule has 1 spiro atoms. The van der Waals surface area contributed by atoms with E-state index in [1.54, 1.807) is 12.4 Å². The van der Waals surface area contributed by atoms with E-state index in [0.29, 0.717) is 12.2 Å². The Morgan fingerprint density at radius 2 is 2.16 bits per heavy atom. The Hall–Kier alpha value is -3.14. The standard InChI is InChI=1S/C22H23F3N6O/c1-13-19(7-14(11-27-13)3-2-5-26)30-20-28-12-17-10-18(32)9-16-8-15(22(23,24)25)4-6-29-21(16,17)31-20/h4,6-8,11-12,17H,2-3,5,9-10,26H2,1H3,(H,30,31). The van der Waals surface area contributed by atoms with Crippen LogP contribution in [-0.4, -0.2) is 47.5 Å². The Kier molecular flexibility index (Phi) is 5.81. The average Bonchev–Trinajstić information content (AvgIpc) is 2.92. The van der Waals surface area contributed by atoms with Gasteiger partial charge in [-0.3, -0.25) is 14.8 Å². The van der Waals surface area contributed by atoms with Crippen LogP contribution in [0, 0.1) is 12.8 Å². The lowest BCUT2D eigenvalue weighted by atomic mass is 9.74. The van der Waals surface area contributed by atoms with Crippen molar-refractivity contribution in [2.45, 2.75) is 44.4 Å². The summed E-state index contributed by atoms with van der Waals surface area (Å²) in [5, 5.41) is 3.13. The van der Waals surface area contributed by atoms with Crippen LogP contribution in [-0.2, 0) is 11.2 Å². The Morgan fingerprint density at radius 1 is 1.34 bits per heavy atom. The minimum atomic E-state index is -4.55. The second-order valence-corrected chi connectivity index (χ2v) is 8.03. The lowest BCUT2D eigenvalue weighted by Gasteiger charge is -2.39. The number of rotatable bonds is 4. The molecule has 1 aliphatic carbocycles. The average molecular weight is 444 g/mol. The van der Waals surface area contributed by atoms with E-state index in [0.717, 1.165) is 42.5 Å². The van der Waals surface area contributed by atoms with Crippen molar-refractivity contribution in [1.82, 2.24) is 4.98 Å². The zero-order chi connectivity index (χ0) is 22.9. The van der Waals surface area contributed by atoms with E-state index in [1.165, 1.54) is 0 Å². The highest BCUT2D eigenvalue weighted by atomic mass is 19.4. The van der Waals surface area contributed by atoms with Gasteiger partial charge < -0.3 is 11.1 Å². The maximum atomic E-state index is 13.4. The number of hydrogen-bond acceptors (Lipinski definition) is 7. The number of pyridine rings is 1. The van der Waals surface area contributed by atoms with Crippen LogP contribution in [0.15, 0.2) is 50.5 Å². The molecular formula is C22H23F3N6O. The summed E-state index contributed by atoms with van der Waals surface area (Å²) in [5.41, 5.74) is 6.01. The van der Waals surface area contributed by atoms with E-state index in [4.69, 9.17) is 5.73 Å². The first-order valence-corrected chi connectivity index (χ1v) is 10.3. The van der Waals surface area contributed by atoms with Crippen molar-refractivity contribution in [2.24, 2.45) is 26.6 Å². The van der Waals surface area contributed by atoms with Gasteiger partial charge in [-0.05, 0) is 55.7 Å². The fourth-order valence-electron chi connectivity index (χ4n) is 4.04. The number of aromatic nitrogens is 1. The lowest BCUT2D eigenvalue weighted by Crippen LogP contribution is -2.46. The van der Waals surface area contributed by atoms with Crippen molar-refractivity contribution in [3.8, 4) is 0 Å². The molecule has 0 amide bonds. The minimum absolute atomic E-state index is 0.117. The third-order valence-electron chi connectivity index (χ3n) is 5.72. The van der Waals surface area contributed by atoms with Gasteiger partial charge in [0.2, 0.25) is 5.96 Å². The molecule has 10 heteroatoms. The number of aliphatic imine (C=N–C) groups is 3. The molecule has 0 radical (unpaired) electrons. The van der Waals surface area contributed by atoms with E-state index in [1.807, 2.05) is 13.0 Å². The van der Waals surface area contributed by atoms with E-state index in [2.05, 4.69) is 25.3 Å². The van der Waals surface area contributed by atoms with Crippen LogP contribution in [0.3, 0.4) is 0 Å². The quantitative estimate of drug-likeness (QED) is 0.743. The van der Waals surface area contributed by atoms with Crippen LogP contribution in [0.4, 0.5) is 18.9 Å². The maximum absolute atomic E-state index is 13.4. The largest absolute Gasteiger partial charge is 0.416 e. The van der Waals surface area contributed by atoms with Crippen LogP contribution < -0.4 is 11.1 Å². The van der Waals surface area contributed by atoms with Crippen molar-refractivity contribution in [2.75, 3.05) is 11.9 Å². The number of halogens is 3. The summed E-state index contributed by atoms with van der Waals surface area (Å²) in [6.07, 6.45) is 3.37. The van der Waals surface area contributed by atoms with Gasteiger partial charge in [0.15, 0.2) is 5.66 Å². The van der Waals surface area contributed by atoms with Gasteiger partial charge in [0.05, 0.1) is 22.9 Å². The predicted octanol–water partition coefficient (Wildman–Crippen LogP) is 3.31. The Labute approximate surface area is 183 Å². The first-order chi connectivity index (χ1) is 15.2. The third kappa shape index (κ3) is 4.27. The molecule has 1 aromatic rings. The maximum Gasteiger partial charge on any atom is 0.416 e. The van der Waals surface area contributed by atoms with Crippen LogP contribution in [0.1, 0.15) is 30.5 Å². The molecule has 0 aromatic carbocycles. The fourth-order valence-corrected chi connectivity index (χ4v) is 4.04. The van der Waals surface area contributed by atoms with Gasteiger partial charge in [0.1, 0.15) is 5.78 Å². The second kappa shape index (κ2) is 8.42. The smallest absolute Gasteiger partial charge is 0.330 e. The van der Waals surface area contributed by atoms with Crippen LogP contribution in [0.5, 0.6) is 0 Å². The van der Waals surface area contributed by atoms with Crippen LogP contribution in [0.25, 0.3) is 0 Å². The normalized spacial score (nSPS) is 24.7. The summed E-state index contributed by atoms with van der Waals surface area (Å²) < 4.78 is 40.2. The molecule has 2 unspecified atom stereocenters. The topological polar surface area (TPSA) is 105 Å². The summed E-state index contributed by atoms with van der Waals surface area (Å²) in [6.45, 7) is 2.40. The molecule has 1 saturated carbocycles. The molecule has 32 heavy (non-hydrogen) atoms. The summed E-state index contributed by atoms with van der Waals surface area (Å²) >= 11 is 0. The van der Waals surface area contributed by atoms with Crippen molar-refractivity contribution in [1.29, 1.82) is 0 Å². The van der Waals surface area contributed by atoms with Crippen molar-refractivity contribution in [3.05, 3.63) is 46.8 Å². The van der Waals surface area contributed by atoms with E-state index in [9.17, 15) is 18.0 Å². The minimum Gasteiger partial charge on any atom is -0.330 e. The number of hydrogen-bond donors (Lipinski definition) is 2. The highest BCUT2D eigenvalue weighted by molar-refractivity contribution is 6.03. The molecule has 7 nitrogen and oxygen atoms in total. The van der Waals surface area contributed by atoms with Gasteiger partial charge in [0, 0.05) is 31.5 Å². The summed E-state index contributed by atoms with van der Waals surface area (Å²) in [6, 6.07) is 1.93. The zero-order valence-electron chi connectivity index (χ0n) is 17.5. The van der Waals surface area contributed by atoms with Crippen LogP contribution in [0.2, 0.25) is 0 Å². The van der Waals surface area contributed by atoms with Gasteiger partial charge in [-0.25, -0.2) is 9.98 Å². The fraction of sp³-hybridized carbons (Fsp3) is 0.409. The molecule has 3 heterocycles. The monoisotopic (exact) mass is 444 g/mol. The van der Waals surface area contributed by atoms with E-state index in [-0.39, 0.29) is 30.2 Å². The third-order valence-corrected chi connectivity index (χ3v) is 5.72. The molecule has 3 N–H and O–H groups in total. The van der Waals surface area contributed by atoms with Gasteiger partial charge in [-0.15, -0.1) is 0 Å². The Morgan fingerprint density at radius 3 is 2.91 bits per heavy atom. The number of allylic oxidation sites excluding steroid dienone is 3. The number of alkyl halides is 3. The predicted molar refractivity (Wildman–Crippen MR) is 117 cm³/mol. The first kappa shape index (κ1) is 22.1. The number of nitrogens with zero attached hydrogens (tertiary/aromatic N) is 4. The number of carbonyl (C=O) groups excluding carboxylic acids is 1. The number of nitrogens with two attached hydrogens (primary N) is 1.